The summed E-state index contributed by atoms with van der Waals surface area (Å²) >= 11 is 0. The smallest absolute Gasteiger partial charge is 0.246 e. The van der Waals surface area contributed by atoms with E-state index in [0.29, 0.717) is 5.82 Å². The van der Waals surface area contributed by atoms with Crippen molar-refractivity contribution in [2.24, 2.45) is 0 Å². The molecule has 2 aromatic carbocycles. The quantitative estimate of drug-likeness (QED) is 0.769. The minimum atomic E-state index is -0.428. The normalized spacial score (nSPS) is 12.0. The third kappa shape index (κ3) is 3.20. The molecule has 3 rings (SSSR count). The molecule has 1 amide bonds. The van der Waals surface area contributed by atoms with Crippen molar-refractivity contribution in [2.45, 2.75) is 26.8 Å². The van der Waals surface area contributed by atoms with Crippen LogP contribution in [0.3, 0.4) is 0 Å². The zero-order chi connectivity index (χ0) is 17.1. The van der Waals surface area contributed by atoms with Crippen LogP contribution in [0.25, 0.3) is 10.9 Å². The molecule has 0 aliphatic heterocycles. The van der Waals surface area contributed by atoms with Crippen molar-refractivity contribution in [1.29, 1.82) is 0 Å². The predicted molar refractivity (Wildman–Crippen MR) is 97.2 cm³/mol. The Balaban J connectivity index is 1.77. The van der Waals surface area contributed by atoms with E-state index < -0.39 is 6.04 Å². The van der Waals surface area contributed by atoms with Crippen LogP contribution in [0.2, 0.25) is 0 Å². The van der Waals surface area contributed by atoms with E-state index in [4.69, 9.17) is 0 Å². The van der Waals surface area contributed by atoms with Gasteiger partial charge in [0.25, 0.3) is 0 Å². The second-order valence-electron chi connectivity index (χ2n) is 5.84. The van der Waals surface area contributed by atoms with Crippen LogP contribution < -0.4 is 10.6 Å². The summed E-state index contributed by atoms with van der Waals surface area (Å²) in [5, 5.41) is 7.04. The molecule has 2 N–H and O–H groups in total. The maximum Gasteiger partial charge on any atom is 0.246 e. The molecule has 1 unspecified atom stereocenters. The van der Waals surface area contributed by atoms with Gasteiger partial charge in [-0.25, -0.2) is 9.97 Å². The number of amides is 1. The summed E-state index contributed by atoms with van der Waals surface area (Å²) in [7, 11) is 0. The highest BCUT2D eigenvalue weighted by Gasteiger charge is 2.16. The van der Waals surface area contributed by atoms with Crippen molar-refractivity contribution >= 4 is 28.3 Å². The molecular formula is C19H20N4O. The monoisotopic (exact) mass is 320 g/mol. The van der Waals surface area contributed by atoms with E-state index in [1.165, 1.54) is 6.33 Å². The van der Waals surface area contributed by atoms with E-state index in [-0.39, 0.29) is 5.91 Å². The average Bonchev–Trinajstić information content (AvgIpc) is 2.59. The van der Waals surface area contributed by atoms with E-state index in [2.05, 4.69) is 20.6 Å². The number of para-hydroxylation sites is 1. The van der Waals surface area contributed by atoms with Crippen molar-refractivity contribution in [3.8, 4) is 0 Å². The van der Waals surface area contributed by atoms with Gasteiger partial charge in [-0.05, 0) is 50.1 Å². The van der Waals surface area contributed by atoms with Gasteiger partial charge in [0.2, 0.25) is 5.91 Å². The molecule has 0 fully saturated rings. The number of carbonyl (C=O) groups excluding carboxylic acids is 1. The molecule has 0 bridgehead atoms. The summed E-state index contributed by atoms with van der Waals surface area (Å²) in [6.07, 6.45) is 1.50. The van der Waals surface area contributed by atoms with Crippen molar-refractivity contribution in [3.63, 3.8) is 0 Å². The Hall–Kier alpha value is -2.95. The SMILES string of the molecule is Cc1cccc(NC(=O)C(C)Nc2ncnc3ccccc23)c1C. The van der Waals surface area contributed by atoms with Gasteiger partial charge in [-0.1, -0.05) is 24.3 Å². The number of hydrogen-bond donors (Lipinski definition) is 2. The number of anilines is 2. The van der Waals surface area contributed by atoms with Crippen LogP contribution in [0.15, 0.2) is 48.8 Å². The molecule has 0 radical (unpaired) electrons. The van der Waals surface area contributed by atoms with Crippen molar-refractivity contribution in [3.05, 3.63) is 59.9 Å². The van der Waals surface area contributed by atoms with Crippen molar-refractivity contribution in [2.75, 3.05) is 10.6 Å². The van der Waals surface area contributed by atoms with E-state index in [0.717, 1.165) is 27.7 Å². The van der Waals surface area contributed by atoms with Gasteiger partial charge in [0, 0.05) is 11.1 Å². The van der Waals surface area contributed by atoms with Gasteiger partial charge in [-0.15, -0.1) is 0 Å². The first-order valence-corrected chi connectivity index (χ1v) is 7.89. The zero-order valence-corrected chi connectivity index (χ0v) is 14.0. The second kappa shape index (κ2) is 6.66. The lowest BCUT2D eigenvalue weighted by Crippen LogP contribution is -2.32. The van der Waals surface area contributed by atoms with Crippen LogP contribution in [0.4, 0.5) is 11.5 Å². The first-order valence-electron chi connectivity index (χ1n) is 7.89. The minimum Gasteiger partial charge on any atom is -0.358 e. The van der Waals surface area contributed by atoms with Crippen molar-refractivity contribution < 1.29 is 4.79 Å². The predicted octanol–water partition coefficient (Wildman–Crippen LogP) is 3.69. The fourth-order valence-electron chi connectivity index (χ4n) is 2.52. The van der Waals surface area contributed by atoms with Crippen LogP contribution in [-0.4, -0.2) is 21.9 Å². The number of nitrogens with zero attached hydrogens (tertiary/aromatic N) is 2. The molecule has 1 aromatic heterocycles. The van der Waals surface area contributed by atoms with Gasteiger partial charge >= 0.3 is 0 Å². The number of aromatic nitrogens is 2. The lowest BCUT2D eigenvalue weighted by molar-refractivity contribution is -0.116. The molecule has 1 heterocycles. The maximum absolute atomic E-state index is 12.5. The summed E-state index contributed by atoms with van der Waals surface area (Å²) in [5.41, 5.74) is 3.90. The first-order chi connectivity index (χ1) is 11.6. The molecular weight excluding hydrogens is 300 g/mol. The van der Waals surface area contributed by atoms with Gasteiger partial charge in [-0.2, -0.15) is 0 Å². The van der Waals surface area contributed by atoms with Crippen LogP contribution in [0, 0.1) is 13.8 Å². The third-order valence-electron chi connectivity index (χ3n) is 4.15. The van der Waals surface area contributed by atoms with Gasteiger partial charge < -0.3 is 10.6 Å². The molecule has 5 nitrogen and oxygen atoms in total. The van der Waals surface area contributed by atoms with E-state index in [9.17, 15) is 4.79 Å². The molecule has 1 atom stereocenters. The number of hydrogen-bond acceptors (Lipinski definition) is 4. The largest absolute Gasteiger partial charge is 0.358 e. The second-order valence-corrected chi connectivity index (χ2v) is 5.84. The Morgan fingerprint density at radius 1 is 1.04 bits per heavy atom. The number of nitrogens with one attached hydrogen (secondary N) is 2. The summed E-state index contributed by atoms with van der Waals surface area (Å²) in [4.78, 5) is 21.0. The molecule has 5 heteroatoms. The summed E-state index contributed by atoms with van der Waals surface area (Å²) in [5.74, 6) is 0.551. The maximum atomic E-state index is 12.5. The van der Waals surface area contributed by atoms with Crippen LogP contribution in [0.1, 0.15) is 18.1 Å². The third-order valence-corrected chi connectivity index (χ3v) is 4.15. The summed E-state index contributed by atoms with van der Waals surface area (Å²) in [6, 6.07) is 13.2. The van der Waals surface area contributed by atoms with E-state index in [1.807, 2.05) is 63.2 Å². The number of benzene rings is 2. The molecule has 0 saturated carbocycles. The van der Waals surface area contributed by atoms with E-state index >= 15 is 0 Å². The molecule has 0 saturated heterocycles. The minimum absolute atomic E-state index is 0.105. The summed E-state index contributed by atoms with van der Waals surface area (Å²) in [6.45, 7) is 5.85. The fourth-order valence-corrected chi connectivity index (χ4v) is 2.52. The Morgan fingerprint density at radius 2 is 1.83 bits per heavy atom. The average molecular weight is 320 g/mol. The Kier molecular flexibility index (Phi) is 4.42. The van der Waals surface area contributed by atoms with Gasteiger partial charge in [0.05, 0.1) is 5.52 Å². The summed E-state index contributed by atoms with van der Waals surface area (Å²) < 4.78 is 0. The van der Waals surface area contributed by atoms with E-state index in [1.54, 1.807) is 0 Å². The highest BCUT2D eigenvalue weighted by molar-refractivity contribution is 5.98. The fraction of sp³-hybridized carbons (Fsp3) is 0.211. The Labute approximate surface area is 141 Å². The molecule has 0 aliphatic rings. The molecule has 0 spiro atoms. The van der Waals surface area contributed by atoms with Crippen molar-refractivity contribution in [1.82, 2.24) is 9.97 Å². The molecule has 24 heavy (non-hydrogen) atoms. The van der Waals surface area contributed by atoms with Gasteiger partial charge in [0.1, 0.15) is 18.2 Å². The van der Waals surface area contributed by atoms with Gasteiger partial charge in [0.15, 0.2) is 0 Å². The van der Waals surface area contributed by atoms with Crippen LogP contribution >= 0.6 is 0 Å². The molecule has 3 aromatic rings. The number of fused-ring (bicyclic) bond motifs is 1. The number of carbonyl (C=O) groups is 1. The number of aryl methyl sites for hydroxylation is 1. The Bertz CT molecular complexity index is 886. The highest BCUT2D eigenvalue weighted by Crippen LogP contribution is 2.21. The highest BCUT2D eigenvalue weighted by atomic mass is 16.2. The molecule has 0 aliphatic carbocycles. The van der Waals surface area contributed by atoms with Gasteiger partial charge in [-0.3, -0.25) is 4.79 Å². The van der Waals surface area contributed by atoms with Crippen LogP contribution in [-0.2, 0) is 4.79 Å². The topological polar surface area (TPSA) is 66.9 Å². The lowest BCUT2D eigenvalue weighted by Gasteiger charge is -2.17. The first kappa shape index (κ1) is 15.9. The number of rotatable bonds is 4. The zero-order valence-electron chi connectivity index (χ0n) is 14.0. The van der Waals surface area contributed by atoms with Crippen LogP contribution in [0.5, 0.6) is 0 Å². The standard InChI is InChI=1S/C19H20N4O/c1-12-7-6-10-16(13(12)2)23-19(24)14(3)22-18-15-8-4-5-9-17(15)20-11-21-18/h4-11,14H,1-3H3,(H,23,24)(H,20,21,22). The molecule has 122 valence electrons. The lowest BCUT2D eigenvalue weighted by atomic mass is 10.1. The Morgan fingerprint density at radius 3 is 2.67 bits per heavy atom.